The molecule has 0 spiro atoms. The molecule has 2 amide bonds. The summed E-state index contributed by atoms with van der Waals surface area (Å²) in [5.41, 5.74) is 1.38. The van der Waals surface area contributed by atoms with E-state index < -0.39 is 23.7 Å². The average molecular weight is 427 g/mol. The van der Waals surface area contributed by atoms with E-state index in [0.29, 0.717) is 17.1 Å². The second-order valence-corrected chi connectivity index (χ2v) is 8.17. The molecule has 1 fully saturated rings. The fourth-order valence-corrected chi connectivity index (χ4v) is 3.47. The van der Waals surface area contributed by atoms with Gasteiger partial charge < -0.3 is 9.15 Å². The molecular formula is C22H21NO6S. The second-order valence-electron chi connectivity index (χ2n) is 7.18. The minimum Gasteiger partial charge on any atom is -0.464 e. The maximum Gasteiger partial charge on any atom is 0.326 e. The van der Waals surface area contributed by atoms with Crippen LogP contribution in [-0.4, -0.2) is 41.0 Å². The minimum atomic E-state index is -0.624. The van der Waals surface area contributed by atoms with Gasteiger partial charge in [0, 0.05) is 17.2 Å². The standard InChI is InChI=1S/C22H21NO6S/c1-13(2)12-28-20(25)11-23-21(26)19(30-22(23)27)10-17-8-9-18(29-17)16-6-4-15(5-7-16)14(3)24/h4-10,13H,11-12H2,1-3H3/b19-10+. The zero-order chi connectivity index (χ0) is 21.8. The normalized spacial score (nSPS) is 15.3. The molecule has 0 unspecified atom stereocenters. The lowest BCUT2D eigenvalue weighted by Crippen LogP contribution is -2.34. The van der Waals surface area contributed by atoms with Gasteiger partial charge in [0.15, 0.2) is 5.78 Å². The smallest absolute Gasteiger partial charge is 0.326 e. The Hall–Kier alpha value is -3.13. The summed E-state index contributed by atoms with van der Waals surface area (Å²) in [5, 5.41) is -0.528. The monoisotopic (exact) mass is 427 g/mol. The fraction of sp³-hybridized carbons (Fsp3) is 0.273. The van der Waals surface area contributed by atoms with E-state index in [1.54, 1.807) is 36.4 Å². The van der Waals surface area contributed by atoms with Gasteiger partial charge in [0.1, 0.15) is 18.1 Å². The summed E-state index contributed by atoms with van der Waals surface area (Å²) < 4.78 is 10.8. The average Bonchev–Trinajstić information content (AvgIpc) is 3.27. The van der Waals surface area contributed by atoms with E-state index in [2.05, 4.69) is 0 Å². The van der Waals surface area contributed by atoms with E-state index in [0.717, 1.165) is 22.2 Å². The maximum atomic E-state index is 12.5. The van der Waals surface area contributed by atoms with Crippen LogP contribution in [0.15, 0.2) is 45.7 Å². The summed E-state index contributed by atoms with van der Waals surface area (Å²) in [7, 11) is 0. The van der Waals surface area contributed by atoms with Crippen molar-refractivity contribution in [3.63, 3.8) is 0 Å². The number of hydrogen-bond donors (Lipinski definition) is 0. The van der Waals surface area contributed by atoms with Crippen LogP contribution in [0.5, 0.6) is 0 Å². The molecule has 0 saturated carbocycles. The molecule has 7 nitrogen and oxygen atoms in total. The van der Waals surface area contributed by atoms with Crippen LogP contribution >= 0.6 is 11.8 Å². The van der Waals surface area contributed by atoms with Gasteiger partial charge in [-0.05, 0) is 36.7 Å². The Morgan fingerprint density at radius 2 is 1.83 bits per heavy atom. The van der Waals surface area contributed by atoms with E-state index in [9.17, 15) is 19.2 Å². The van der Waals surface area contributed by atoms with E-state index >= 15 is 0 Å². The number of ketones is 1. The van der Waals surface area contributed by atoms with Crippen molar-refractivity contribution in [1.82, 2.24) is 4.90 Å². The van der Waals surface area contributed by atoms with E-state index in [-0.39, 0.29) is 23.2 Å². The largest absolute Gasteiger partial charge is 0.464 e. The lowest BCUT2D eigenvalue weighted by Gasteiger charge is -2.12. The fourth-order valence-electron chi connectivity index (χ4n) is 2.65. The van der Waals surface area contributed by atoms with Crippen LogP contribution < -0.4 is 0 Å². The number of hydrogen-bond acceptors (Lipinski definition) is 7. The van der Waals surface area contributed by atoms with Crippen molar-refractivity contribution in [1.29, 1.82) is 0 Å². The van der Waals surface area contributed by atoms with Gasteiger partial charge in [0.2, 0.25) is 0 Å². The quantitative estimate of drug-likeness (QED) is 0.368. The summed E-state index contributed by atoms with van der Waals surface area (Å²) in [6, 6.07) is 10.4. The molecule has 3 rings (SSSR count). The van der Waals surface area contributed by atoms with Crippen LogP contribution in [0, 0.1) is 5.92 Å². The van der Waals surface area contributed by atoms with Gasteiger partial charge in [-0.3, -0.25) is 24.1 Å². The van der Waals surface area contributed by atoms with Crippen LogP contribution in [0.1, 0.15) is 36.9 Å². The molecule has 1 aliphatic heterocycles. The molecule has 1 saturated heterocycles. The third-order valence-corrected chi connectivity index (χ3v) is 5.12. The van der Waals surface area contributed by atoms with Crippen LogP contribution in [0.25, 0.3) is 17.4 Å². The molecule has 0 N–H and O–H groups in total. The Balaban J connectivity index is 1.70. The predicted octanol–water partition coefficient (Wildman–Crippen LogP) is 4.38. The molecule has 1 aliphatic rings. The molecule has 1 aromatic heterocycles. The lowest BCUT2D eigenvalue weighted by molar-refractivity contribution is -0.147. The topological polar surface area (TPSA) is 93.9 Å². The van der Waals surface area contributed by atoms with Crippen molar-refractivity contribution < 1.29 is 28.3 Å². The van der Waals surface area contributed by atoms with Gasteiger partial charge >= 0.3 is 5.97 Å². The molecule has 156 valence electrons. The van der Waals surface area contributed by atoms with Gasteiger partial charge in [0.25, 0.3) is 11.1 Å². The molecule has 30 heavy (non-hydrogen) atoms. The number of furan rings is 1. The number of benzene rings is 1. The summed E-state index contributed by atoms with van der Waals surface area (Å²) in [4.78, 5) is 48.9. The number of Topliss-reactive ketones (excluding diaryl/α,β-unsaturated/α-hetero) is 1. The summed E-state index contributed by atoms with van der Waals surface area (Å²) in [6.45, 7) is 5.10. The van der Waals surface area contributed by atoms with E-state index in [1.807, 2.05) is 13.8 Å². The van der Waals surface area contributed by atoms with Crippen molar-refractivity contribution >= 4 is 40.7 Å². The van der Waals surface area contributed by atoms with Crippen molar-refractivity contribution in [2.24, 2.45) is 5.92 Å². The van der Waals surface area contributed by atoms with Crippen LogP contribution in [0.2, 0.25) is 0 Å². The Morgan fingerprint density at radius 1 is 1.13 bits per heavy atom. The number of amides is 2. The highest BCUT2D eigenvalue weighted by atomic mass is 32.2. The number of thioether (sulfide) groups is 1. The Morgan fingerprint density at radius 3 is 2.47 bits per heavy atom. The number of ether oxygens (including phenoxy) is 1. The van der Waals surface area contributed by atoms with Crippen LogP contribution in [-0.2, 0) is 14.3 Å². The highest BCUT2D eigenvalue weighted by molar-refractivity contribution is 8.18. The molecule has 2 heterocycles. The highest BCUT2D eigenvalue weighted by Crippen LogP contribution is 2.33. The summed E-state index contributed by atoms with van der Waals surface area (Å²) >= 11 is 0.747. The van der Waals surface area contributed by atoms with Crippen molar-refractivity contribution in [2.45, 2.75) is 20.8 Å². The maximum absolute atomic E-state index is 12.5. The summed E-state index contributed by atoms with van der Waals surface area (Å²) in [6.07, 6.45) is 1.47. The van der Waals surface area contributed by atoms with Crippen LogP contribution in [0.3, 0.4) is 0 Å². The second kappa shape index (κ2) is 9.13. The minimum absolute atomic E-state index is 0.0227. The molecule has 0 atom stereocenters. The first kappa shape index (κ1) is 21.6. The number of esters is 1. The van der Waals surface area contributed by atoms with E-state index in [1.165, 1.54) is 13.0 Å². The molecule has 0 aliphatic carbocycles. The highest BCUT2D eigenvalue weighted by Gasteiger charge is 2.37. The zero-order valence-electron chi connectivity index (χ0n) is 16.8. The Labute approximate surface area is 178 Å². The zero-order valence-corrected chi connectivity index (χ0v) is 17.7. The van der Waals surface area contributed by atoms with Gasteiger partial charge in [-0.25, -0.2) is 0 Å². The predicted molar refractivity (Wildman–Crippen MR) is 113 cm³/mol. The van der Waals surface area contributed by atoms with E-state index in [4.69, 9.17) is 9.15 Å². The third kappa shape index (κ3) is 5.07. The van der Waals surface area contributed by atoms with Crippen LogP contribution in [0.4, 0.5) is 4.79 Å². The van der Waals surface area contributed by atoms with Gasteiger partial charge in [-0.1, -0.05) is 38.1 Å². The number of rotatable bonds is 7. The van der Waals surface area contributed by atoms with Gasteiger partial charge in [-0.2, -0.15) is 0 Å². The van der Waals surface area contributed by atoms with Gasteiger partial charge in [0.05, 0.1) is 11.5 Å². The Kier molecular flexibility index (Phi) is 6.56. The Bertz CT molecular complexity index is 1020. The molecular weight excluding hydrogens is 406 g/mol. The first-order valence-electron chi connectivity index (χ1n) is 9.37. The molecule has 8 heteroatoms. The third-order valence-electron chi connectivity index (χ3n) is 4.21. The first-order valence-corrected chi connectivity index (χ1v) is 10.2. The number of imide groups is 1. The van der Waals surface area contributed by atoms with Gasteiger partial charge in [-0.15, -0.1) is 0 Å². The SMILES string of the molecule is CC(=O)c1ccc(-c2ccc(/C=C3/SC(=O)N(CC(=O)OCC(C)C)C3=O)o2)cc1. The number of carbonyl (C=O) groups is 4. The molecule has 0 bridgehead atoms. The van der Waals surface area contributed by atoms with Crippen molar-refractivity contribution in [3.8, 4) is 11.3 Å². The number of carbonyl (C=O) groups excluding carboxylic acids is 4. The summed E-state index contributed by atoms with van der Waals surface area (Å²) in [5.74, 6) is -0.0840. The number of nitrogens with zero attached hydrogens (tertiary/aromatic N) is 1. The molecule has 2 aromatic rings. The first-order chi connectivity index (χ1) is 14.2. The van der Waals surface area contributed by atoms with Crippen molar-refractivity contribution in [3.05, 3.63) is 52.6 Å². The molecule has 0 radical (unpaired) electrons. The van der Waals surface area contributed by atoms with Crippen molar-refractivity contribution in [2.75, 3.05) is 13.2 Å². The lowest BCUT2D eigenvalue weighted by atomic mass is 10.1. The molecule has 1 aromatic carbocycles.